The second-order valence-electron chi connectivity index (χ2n) is 6.25. The number of aliphatic hydroxyl groups excluding tert-OH is 1. The van der Waals surface area contributed by atoms with Gasteiger partial charge in [-0.15, -0.1) is 0 Å². The summed E-state index contributed by atoms with van der Waals surface area (Å²) in [6.45, 7) is 1.22. The fourth-order valence-corrected chi connectivity index (χ4v) is 3.95. The summed E-state index contributed by atoms with van der Waals surface area (Å²) in [5.74, 6) is 0.837. The predicted molar refractivity (Wildman–Crippen MR) is 68.9 cm³/mol. The van der Waals surface area contributed by atoms with Crippen molar-refractivity contribution in [1.29, 1.82) is 0 Å². The summed E-state index contributed by atoms with van der Waals surface area (Å²) in [5.41, 5.74) is 0. The van der Waals surface area contributed by atoms with Gasteiger partial charge in [0.25, 0.3) is 0 Å². The van der Waals surface area contributed by atoms with E-state index >= 15 is 0 Å². The van der Waals surface area contributed by atoms with Crippen LogP contribution in [0, 0.1) is 5.92 Å². The lowest BCUT2D eigenvalue weighted by Gasteiger charge is -2.42. The van der Waals surface area contributed by atoms with E-state index in [0.717, 1.165) is 24.8 Å². The van der Waals surface area contributed by atoms with Crippen molar-refractivity contribution >= 4 is 0 Å². The standard InChI is InChI=1S/C14H26N2O/c17-11-8-10(9-11)16-14-5-2-1-4-12(14)13-6-3-7-15-13/h10-17H,1-9H2. The van der Waals surface area contributed by atoms with Crippen molar-refractivity contribution in [2.45, 2.75) is 75.6 Å². The van der Waals surface area contributed by atoms with Gasteiger partial charge < -0.3 is 15.7 Å². The first-order chi connectivity index (χ1) is 8.33. The zero-order valence-electron chi connectivity index (χ0n) is 10.7. The lowest BCUT2D eigenvalue weighted by molar-refractivity contribution is 0.0479. The van der Waals surface area contributed by atoms with E-state index in [1.54, 1.807) is 0 Å². The van der Waals surface area contributed by atoms with Gasteiger partial charge in [0.05, 0.1) is 6.10 Å². The third-order valence-corrected chi connectivity index (χ3v) is 5.00. The van der Waals surface area contributed by atoms with Crippen LogP contribution in [0.5, 0.6) is 0 Å². The molecule has 98 valence electrons. The van der Waals surface area contributed by atoms with Crippen LogP contribution in [-0.4, -0.2) is 35.9 Å². The molecule has 3 aliphatic rings. The molecule has 17 heavy (non-hydrogen) atoms. The first kappa shape index (κ1) is 11.9. The normalized spacial score (nSPS) is 46.8. The van der Waals surface area contributed by atoms with Crippen LogP contribution >= 0.6 is 0 Å². The topological polar surface area (TPSA) is 44.3 Å². The molecule has 1 aliphatic heterocycles. The average molecular weight is 238 g/mol. The monoisotopic (exact) mass is 238 g/mol. The van der Waals surface area contributed by atoms with Crippen molar-refractivity contribution in [3.63, 3.8) is 0 Å². The Bertz CT molecular complexity index is 247. The molecule has 2 aliphatic carbocycles. The second-order valence-corrected chi connectivity index (χ2v) is 6.25. The summed E-state index contributed by atoms with van der Waals surface area (Å²) in [4.78, 5) is 0. The fraction of sp³-hybridized carbons (Fsp3) is 1.00. The molecular formula is C14H26N2O. The van der Waals surface area contributed by atoms with Gasteiger partial charge in [0.2, 0.25) is 0 Å². The predicted octanol–water partition coefficient (Wildman–Crippen LogP) is 1.41. The lowest BCUT2D eigenvalue weighted by atomic mass is 9.77. The second kappa shape index (κ2) is 5.25. The molecule has 3 N–H and O–H groups in total. The Kier molecular flexibility index (Phi) is 3.69. The maximum atomic E-state index is 9.37. The Morgan fingerprint density at radius 2 is 1.82 bits per heavy atom. The molecule has 1 saturated heterocycles. The van der Waals surface area contributed by atoms with Gasteiger partial charge in [0.15, 0.2) is 0 Å². The SMILES string of the molecule is OC1CC(NC2CCCCC2C2CCCN2)C1. The highest BCUT2D eigenvalue weighted by Crippen LogP contribution is 2.32. The van der Waals surface area contributed by atoms with Gasteiger partial charge in [-0.3, -0.25) is 0 Å². The Hall–Kier alpha value is -0.120. The van der Waals surface area contributed by atoms with E-state index in [0.29, 0.717) is 12.1 Å². The van der Waals surface area contributed by atoms with Crippen molar-refractivity contribution < 1.29 is 5.11 Å². The van der Waals surface area contributed by atoms with Crippen LogP contribution in [0.1, 0.15) is 51.4 Å². The van der Waals surface area contributed by atoms with E-state index in [1.807, 2.05) is 0 Å². The molecule has 3 rings (SSSR count). The number of aliphatic hydroxyl groups is 1. The van der Waals surface area contributed by atoms with Crippen LogP contribution in [0.25, 0.3) is 0 Å². The summed E-state index contributed by atoms with van der Waals surface area (Å²) in [7, 11) is 0. The Labute approximate surface area is 104 Å². The highest BCUT2D eigenvalue weighted by molar-refractivity contribution is 4.95. The first-order valence-corrected chi connectivity index (χ1v) is 7.50. The van der Waals surface area contributed by atoms with Crippen LogP contribution in [0.2, 0.25) is 0 Å². The molecule has 3 nitrogen and oxygen atoms in total. The molecule has 0 aromatic rings. The van der Waals surface area contributed by atoms with Crippen LogP contribution in [0.3, 0.4) is 0 Å². The minimum Gasteiger partial charge on any atom is -0.393 e. The molecule has 1 heterocycles. The molecule has 0 aromatic heterocycles. The minimum absolute atomic E-state index is 0.0286. The van der Waals surface area contributed by atoms with E-state index in [2.05, 4.69) is 10.6 Å². The lowest BCUT2D eigenvalue weighted by Crippen LogP contribution is -2.54. The number of rotatable bonds is 3. The number of hydrogen-bond acceptors (Lipinski definition) is 3. The van der Waals surface area contributed by atoms with Crippen LogP contribution in [-0.2, 0) is 0 Å². The van der Waals surface area contributed by atoms with E-state index in [1.165, 1.54) is 45.1 Å². The Morgan fingerprint density at radius 1 is 1.00 bits per heavy atom. The highest BCUT2D eigenvalue weighted by Gasteiger charge is 2.36. The van der Waals surface area contributed by atoms with Crippen molar-refractivity contribution in [3.05, 3.63) is 0 Å². The van der Waals surface area contributed by atoms with Gasteiger partial charge in [0.1, 0.15) is 0 Å². The Morgan fingerprint density at radius 3 is 2.53 bits per heavy atom. The molecule has 3 atom stereocenters. The molecule has 3 fully saturated rings. The average Bonchev–Trinajstić information content (AvgIpc) is 2.81. The van der Waals surface area contributed by atoms with Gasteiger partial charge in [-0.05, 0) is 51.0 Å². The number of hydrogen-bond donors (Lipinski definition) is 3. The van der Waals surface area contributed by atoms with Gasteiger partial charge in [-0.25, -0.2) is 0 Å². The third-order valence-electron chi connectivity index (χ3n) is 5.00. The largest absolute Gasteiger partial charge is 0.393 e. The quantitative estimate of drug-likeness (QED) is 0.696. The van der Waals surface area contributed by atoms with Gasteiger partial charge in [-0.2, -0.15) is 0 Å². The Balaban J connectivity index is 1.55. The van der Waals surface area contributed by atoms with Crippen molar-refractivity contribution in [2.75, 3.05) is 6.54 Å². The molecule has 3 heteroatoms. The molecule has 2 saturated carbocycles. The van der Waals surface area contributed by atoms with Gasteiger partial charge in [0, 0.05) is 18.1 Å². The van der Waals surface area contributed by atoms with Gasteiger partial charge >= 0.3 is 0 Å². The zero-order valence-corrected chi connectivity index (χ0v) is 10.7. The molecule has 0 bridgehead atoms. The summed E-state index contributed by atoms with van der Waals surface area (Å²) in [6, 6.07) is 2.06. The minimum atomic E-state index is -0.0286. The van der Waals surface area contributed by atoms with Crippen molar-refractivity contribution in [1.82, 2.24) is 10.6 Å². The van der Waals surface area contributed by atoms with E-state index in [4.69, 9.17) is 0 Å². The summed E-state index contributed by atoms with van der Waals surface area (Å²) >= 11 is 0. The van der Waals surface area contributed by atoms with Crippen molar-refractivity contribution in [2.24, 2.45) is 5.92 Å². The molecule has 0 aromatic carbocycles. The van der Waals surface area contributed by atoms with Crippen LogP contribution < -0.4 is 10.6 Å². The third kappa shape index (κ3) is 2.67. The molecule has 0 amide bonds. The van der Waals surface area contributed by atoms with Crippen molar-refractivity contribution in [3.8, 4) is 0 Å². The fourth-order valence-electron chi connectivity index (χ4n) is 3.95. The molecular weight excluding hydrogens is 212 g/mol. The summed E-state index contributed by atoms with van der Waals surface area (Å²) in [6.07, 6.45) is 10.2. The molecule has 0 spiro atoms. The molecule has 3 unspecified atom stereocenters. The molecule has 0 radical (unpaired) electrons. The van der Waals surface area contributed by atoms with Crippen LogP contribution in [0.15, 0.2) is 0 Å². The smallest absolute Gasteiger partial charge is 0.0570 e. The van der Waals surface area contributed by atoms with E-state index in [-0.39, 0.29) is 6.10 Å². The van der Waals surface area contributed by atoms with E-state index < -0.39 is 0 Å². The van der Waals surface area contributed by atoms with Crippen LogP contribution in [0.4, 0.5) is 0 Å². The highest BCUT2D eigenvalue weighted by atomic mass is 16.3. The maximum Gasteiger partial charge on any atom is 0.0570 e. The van der Waals surface area contributed by atoms with Gasteiger partial charge in [-0.1, -0.05) is 12.8 Å². The maximum absolute atomic E-state index is 9.37. The van der Waals surface area contributed by atoms with E-state index in [9.17, 15) is 5.11 Å². The first-order valence-electron chi connectivity index (χ1n) is 7.50. The zero-order chi connectivity index (χ0) is 11.7. The summed E-state index contributed by atoms with van der Waals surface area (Å²) in [5, 5.41) is 16.9. The number of nitrogens with one attached hydrogen (secondary N) is 2. The summed E-state index contributed by atoms with van der Waals surface area (Å²) < 4.78 is 0.